The summed E-state index contributed by atoms with van der Waals surface area (Å²) in [5.74, 6) is -0.418. The van der Waals surface area contributed by atoms with Gasteiger partial charge < -0.3 is 11.1 Å². The lowest BCUT2D eigenvalue weighted by Crippen LogP contribution is -2.27. The maximum Gasteiger partial charge on any atom is 0.244 e. The molecule has 0 aliphatic heterocycles. The topological polar surface area (TPSA) is 55.1 Å². The maximum atomic E-state index is 11.6. The van der Waals surface area contributed by atoms with Gasteiger partial charge in [0.1, 0.15) is 6.04 Å². The van der Waals surface area contributed by atoms with Crippen LogP contribution in [0.1, 0.15) is 11.6 Å². The number of nitrogens with two attached hydrogens (primary N) is 1. The summed E-state index contributed by atoms with van der Waals surface area (Å²) in [5.41, 5.74) is 7.13. The number of hydrogen-bond donors (Lipinski definition) is 2. The van der Waals surface area contributed by atoms with E-state index in [9.17, 15) is 4.79 Å². The second kappa shape index (κ2) is 6.21. The molecule has 0 heterocycles. The molecular formula is C14H12Br2N2O. The van der Waals surface area contributed by atoms with E-state index in [1.54, 1.807) is 0 Å². The summed E-state index contributed by atoms with van der Waals surface area (Å²) in [6.45, 7) is 0. The third-order valence-corrected chi connectivity index (χ3v) is 3.88. The van der Waals surface area contributed by atoms with Crippen molar-refractivity contribution in [1.29, 1.82) is 0 Å². The Bertz CT molecular complexity index is 584. The Hall–Kier alpha value is -1.33. The molecule has 0 spiro atoms. The van der Waals surface area contributed by atoms with Crippen molar-refractivity contribution in [2.45, 2.75) is 6.04 Å². The van der Waals surface area contributed by atoms with Gasteiger partial charge in [-0.2, -0.15) is 0 Å². The van der Waals surface area contributed by atoms with Crippen LogP contribution >= 0.6 is 31.9 Å². The van der Waals surface area contributed by atoms with Crippen LogP contribution in [0.4, 0.5) is 5.69 Å². The quantitative estimate of drug-likeness (QED) is 0.842. The summed E-state index contributed by atoms with van der Waals surface area (Å²) >= 11 is 6.80. The third-order valence-electron chi connectivity index (χ3n) is 2.66. The fourth-order valence-electron chi connectivity index (χ4n) is 1.71. The van der Waals surface area contributed by atoms with Crippen molar-refractivity contribution in [2.24, 2.45) is 5.73 Å². The summed E-state index contributed by atoms with van der Waals surface area (Å²) in [4.78, 5) is 11.6. The standard InChI is InChI=1S/C14H12Br2N2O/c15-10-7-5-9(6-8-10)13(14(17)19)18-12-4-2-1-3-11(12)16/h1-8,13,18H,(H2,17,19). The van der Waals surface area contributed by atoms with Crippen molar-refractivity contribution in [3.8, 4) is 0 Å². The minimum absolute atomic E-state index is 0.418. The van der Waals surface area contributed by atoms with Crippen molar-refractivity contribution < 1.29 is 4.79 Å². The van der Waals surface area contributed by atoms with Crippen LogP contribution in [0.25, 0.3) is 0 Å². The lowest BCUT2D eigenvalue weighted by Gasteiger charge is -2.18. The molecule has 0 aromatic heterocycles. The van der Waals surface area contributed by atoms with Gasteiger partial charge >= 0.3 is 0 Å². The predicted molar refractivity (Wildman–Crippen MR) is 83.8 cm³/mol. The van der Waals surface area contributed by atoms with Gasteiger partial charge in [-0.3, -0.25) is 4.79 Å². The van der Waals surface area contributed by atoms with Gasteiger partial charge in [-0.05, 0) is 45.8 Å². The number of hydrogen-bond acceptors (Lipinski definition) is 2. The average molecular weight is 384 g/mol. The molecule has 1 unspecified atom stereocenters. The van der Waals surface area contributed by atoms with Crippen molar-refractivity contribution >= 4 is 43.5 Å². The number of para-hydroxylation sites is 1. The Morgan fingerprint density at radius 3 is 2.26 bits per heavy atom. The molecule has 1 atom stereocenters. The number of nitrogens with one attached hydrogen (secondary N) is 1. The average Bonchev–Trinajstić information content (AvgIpc) is 2.39. The summed E-state index contributed by atoms with van der Waals surface area (Å²) in [7, 11) is 0. The van der Waals surface area contributed by atoms with E-state index in [2.05, 4.69) is 37.2 Å². The molecule has 0 saturated heterocycles. The van der Waals surface area contributed by atoms with Crippen LogP contribution in [-0.4, -0.2) is 5.91 Å². The van der Waals surface area contributed by atoms with Crippen molar-refractivity contribution in [3.05, 3.63) is 63.0 Å². The molecule has 19 heavy (non-hydrogen) atoms. The van der Waals surface area contributed by atoms with Crippen LogP contribution in [0, 0.1) is 0 Å². The lowest BCUT2D eigenvalue weighted by atomic mass is 10.1. The van der Waals surface area contributed by atoms with Gasteiger partial charge in [-0.25, -0.2) is 0 Å². The smallest absolute Gasteiger partial charge is 0.244 e. The van der Waals surface area contributed by atoms with Gasteiger partial charge in [0.05, 0.1) is 0 Å². The Morgan fingerprint density at radius 2 is 1.68 bits per heavy atom. The largest absolute Gasteiger partial charge is 0.369 e. The van der Waals surface area contributed by atoms with Crippen LogP contribution in [0.15, 0.2) is 57.5 Å². The van der Waals surface area contributed by atoms with E-state index in [1.807, 2.05) is 48.5 Å². The zero-order valence-corrected chi connectivity index (χ0v) is 13.1. The highest BCUT2D eigenvalue weighted by Gasteiger charge is 2.18. The minimum Gasteiger partial charge on any atom is -0.369 e. The number of carbonyl (C=O) groups is 1. The normalized spacial score (nSPS) is 11.9. The van der Waals surface area contributed by atoms with Crippen LogP contribution in [0.2, 0.25) is 0 Å². The molecule has 1 amide bonds. The highest BCUT2D eigenvalue weighted by molar-refractivity contribution is 9.10. The molecule has 3 N–H and O–H groups in total. The van der Waals surface area contributed by atoms with E-state index in [-0.39, 0.29) is 0 Å². The van der Waals surface area contributed by atoms with Crippen LogP contribution < -0.4 is 11.1 Å². The molecular weight excluding hydrogens is 372 g/mol. The Balaban J connectivity index is 2.29. The first kappa shape index (κ1) is 14.1. The van der Waals surface area contributed by atoms with Gasteiger partial charge in [-0.15, -0.1) is 0 Å². The first-order valence-corrected chi connectivity index (χ1v) is 7.22. The zero-order valence-electron chi connectivity index (χ0n) is 9.94. The Kier molecular flexibility index (Phi) is 4.61. The van der Waals surface area contributed by atoms with Crippen molar-refractivity contribution in [2.75, 3.05) is 5.32 Å². The van der Waals surface area contributed by atoms with E-state index in [4.69, 9.17) is 5.73 Å². The number of primary amides is 1. The molecule has 0 aliphatic carbocycles. The fourth-order valence-corrected chi connectivity index (χ4v) is 2.37. The van der Waals surface area contributed by atoms with Gasteiger partial charge in [0.2, 0.25) is 5.91 Å². The summed E-state index contributed by atoms with van der Waals surface area (Å²) in [5, 5.41) is 3.15. The number of anilines is 1. The molecule has 2 rings (SSSR count). The highest BCUT2D eigenvalue weighted by atomic mass is 79.9. The Labute approximate surface area is 128 Å². The molecule has 5 heteroatoms. The number of carbonyl (C=O) groups excluding carboxylic acids is 1. The molecule has 98 valence electrons. The molecule has 0 radical (unpaired) electrons. The minimum atomic E-state index is -0.563. The number of amides is 1. The molecule has 2 aromatic carbocycles. The monoisotopic (exact) mass is 382 g/mol. The van der Waals surface area contributed by atoms with Gasteiger partial charge in [-0.1, -0.05) is 40.2 Å². The predicted octanol–water partition coefficient (Wildman–Crippen LogP) is 3.85. The van der Waals surface area contributed by atoms with E-state index < -0.39 is 11.9 Å². The van der Waals surface area contributed by atoms with Crippen LogP contribution in [0.3, 0.4) is 0 Å². The number of rotatable bonds is 4. The molecule has 0 fully saturated rings. The molecule has 2 aromatic rings. The van der Waals surface area contributed by atoms with Gasteiger partial charge in [0.15, 0.2) is 0 Å². The first-order valence-electron chi connectivity index (χ1n) is 5.64. The van der Waals surface area contributed by atoms with Crippen molar-refractivity contribution in [1.82, 2.24) is 0 Å². The number of benzene rings is 2. The Morgan fingerprint density at radius 1 is 1.05 bits per heavy atom. The molecule has 0 aliphatic rings. The SMILES string of the molecule is NC(=O)C(Nc1ccccc1Br)c1ccc(Br)cc1. The van der Waals surface area contributed by atoms with Crippen LogP contribution in [-0.2, 0) is 4.79 Å². The summed E-state index contributed by atoms with van der Waals surface area (Å²) in [6.07, 6.45) is 0. The maximum absolute atomic E-state index is 11.6. The van der Waals surface area contributed by atoms with Crippen LogP contribution in [0.5, 0.6) is 0 Å². The lowest BCUT2D eigenvalue weighted by molar-refractivity contribution is -0.118. The second-order valence-electron chi connectivity index (χ2n) is 4.01. The molecule has 0 bridgehead atoms. The molecule has 3 nitrogen and oxygen atoms in total. The van der Waals surface area contributed by atoms with E-state index in [0.717, 1.165) is 20.2 Å². The zero-order chi connectivity index (χ0) is 13.8. The van der Waals surface area contributed by atoms with Gasteiger partial charge in [0, 0.05) is 14.6 Å². The highest BCUT2D eigenvalue weighted by Crippen LogP contribution is 2.26. The van der Waals surface area contributed by atoms with E-state index >= 15 is 0 Å². The number of halogens is 2. The third kappa shape index (κ3) is 3.58. The first-order chi connectivity index (χ1) is 9.08. The van der Waals surface area contributed by atoms with E-state index in [1.165, 1.54) is 0 Å². The van der Waals surface area contributed by atoms with Gasteiger partial charge in [0.25, 0.3) is 0 Å². The van der Waals surface area contributed by atoms with E-state index in [0.29, 0.717) is 0 Å². The molecule has 0 saturated carbocycles. The summed E-state index contributed by atoms with van der Waals surface area (Å²) < 4.78 is 1.85. The fraction of sp³-hybridized carbons (Fsp3) is 0.0714. The summed E-state index contributed by atoms with van der Waals surface area (Å²) in [6, 6.07) is 14.5. The second-order valence-corrected chi connectivity index (χ2v) is 5.78. The van der Waals surface area contributed by atoms with Crippen molar-refractivity contribution in [3.63, 3.8) is 0 Å².